The highest BCUT2D eigenvalue weighted by Crippen LogP contribution is 2.38. The Morgan fingerprint density at radius 3 is 2.33 bits per heavy atom. The first-order chi connectivity index (χ1) is 16.0. The van der Waals surface area contributed by atoms with Gasteiger partial charge in [-0.15, -0.1) is 4.68 Å². The van der Waals surface area contributed by atoms with E-state index in [1.807, 2.05) is 24.3 Å². The van der Waals surface area contributed by atoms with Crippen molar-refractivity contribution >= 4 is 33.0 Å². The van der Waals surface area contributed by atoms with Gasteiger partial charge < -0.3 is 19.2 Å². The number of ether oxygens (including phenoxy) is 3. The minimum absolute atomic E-state index is 0.315. The summed E-state index contributed by atoms with van der Waals surface area (Å²) in [7, 11) is 3.03. The van der Waals surface area contributed by atoms with Gasteiger partial charge >= 0.3 is 5.69 Å². The van der Waals surface area contributed by atoms with Gasteiger partial charge in [-0.1, -0.05) is 40.2 Å². The molecule has 0 saturated carbocycles. The quantitative estimate of drug-likeness (QED) is 0.381. The van der Waals surface area contributed by atoms with Gasteiger partial charge in [0.15, 0.2) is 11.5 Å². The van der Waals surface area contributed by atoms with E-state index in [-0.39, 0.29) is 0 Å². The van der Waals surface area contributed by atoms with E-state index in [0.29, 0.717) is 40.3 Å². The first kappa shape index (κ1) is 22.3. The molecule has 4 rings (SSSR count). The second kappa shape index (κ2) is 9.74. The Balaban J connectivity index is 1.66. The third-order valence-corrected chi connectivity index (χ3v) is 5.41. The predicted octanol–water partition coefficient (Wildman–Crippen LogP) is 3.93. The van der Waals surface area contributed by atoms with Crippen molar-refractivity contribution in [3.8, 4) is 17.2 Å². The van der Waals surface area contributed by atoms with Crippen molar-refractivity contribution in [2.24, 2.45) is 5.10 Å². The van der Waals surface area contributed by atoms with Crippen LogP contribution in [-0.4, -0.2) is 30.1 Å². The maximum Gasteiger partial charge on any atom is 0.349 e. The number of aromatic nitrogens is 2. The Morgan fingerprint density at radius 2 is 1.67 bits per heavy atom. The topological polar surface area (TPSA) is 94.9 Å². The summed E-state index contributed by atoms with van der Waals surface area (Å²) in [4.78, 5) is 27.7. The van der Waals surface area contributed by atoms with Crippen LogP contribution in [0.3, 0.4) is 0 Å². The lowest BCUT2D eigenvalue weighted by Gasteiger charge is -2.15. The van der Waals surface area contributed by atoms with Crippen LogP contribution in [-0.2, 0) is 6.61 Å². The molecule has 1 aromatic heterocycles. The largest absolute Gasteiger partial charge is 0.493 e. The summed E-state index contributed by atoms with van der Waals surface area (Å²) < 4.78 is 18.7. The first-order valence-electron chi connectivity index (χ1n) is 9.92. The number of benzene rings is 3. The Labute approximate surface area is 197 Å². The van der Waals surface area contributed by atoms with Crippen molar-refractivity contribution in [2.45, 2.75) is 6.61 Å². The van der Waals surface area contributed by atoms with Gasteiger partial charge in [0.25, 0.3) is 5.56 Å². The molecule has 0 radical (unpaired) electrons. The van der Waals surface area contributed by atoms with Crippen LogP contribution in [0.2, 0.25) is 0 Å². The van der Waals surface area contributed by atoms with Gasteiger partial charge in [-0.3, -0.25) is 4.79 Å². The zero-order valence-electron chi connectivity index (χ0n) is 17.9. The van der Waals surface area contributed by atoms with Gasteiger partial charge in [-0.2, -0.15) is 5.10 Å². The van der Waals surface area contributed by atoms with E-state index in [1.165, 1.54) is 20.4 Å². The highest BCUT2D eigenvalue weighted by molar-refractivity contribution is 9.10. The smallest absolute Gasteiger partial charge is 0.349 e. The fourth-order valence-electron chi connectivity index (χ4n) is 3.24. The van der Waals surface area contributed by atoms with Crippen LogP contribution in [0.25, 0.3) is 10.9 Å². The highest BCUT2D eigenvalue weighted by atomic mass is 79.9. The van der Waals surface area contributed by atoms with E-state index in [9.17, 15) is 9.59 Å². The standard InChI is InChI=1S/C24H20BrN3O5/c1-31-20-11-16(12-21(32-2)22(20)33-14-15-7-9-17(25)10-8-15)13-26-28-23(29)18-5-3-4-6-19(18)27-24(28)30/h3-13H,14H2,1-2H3,(H,27,30). The third kappa shape index (κ3) is 4.83. The molecular weight excluding hydrogens is 490 g/mol. The fourth-order valence-corrected chi connectivity index (χ4v) is 3.50. The van der Waals surface area contributed by atoms with Gasteiger partial charge in [0.2, 0.25) is 5.75 Å². The Bertz CT molecular complexity index is 1420. The maximum atomic E-state index is 12.7. The van der Waals surface area contributed by atoms with E-state index in [1.54, 1.807) is 36.4 Å². The summed E-state index contributed by atoms with van der Waals surface area (Å²) in [5.74, 6) is 1.28. The summed E-state index contributed by atoms with van der Waals surface area (Å²) in [5.41, 5.74) is 0.832. The minimum atomic E-state index is -0.636. The average molecular weight is 510 g/mol. The zero-order chi connectivity index (χ0) is 23.4. The van der Waals surface area contributed by atoms with Crippen LogP contribution in [0.15, 0.2) is 79.8 Å². The van der Waals surface area contributed by atoms with Gasteiger partial charge in [0.05, 0.1) is 31.3 Å². The summed E-state index contributed by atoms with van der Waals surface area (Å²) >= 11 is 3.41. The lowest BCUT2D eigenvalue weighted by atomic mass is 10.2. The molecule has 0 amide bonds. The summed E-state index contributed by atoms with van der Waals surface area (Å²) in [6, 6.07) is 17.9. The number of halogens is 1. The Morgan fingerprint density at radius 1 is 1.00 bits per heavy atom. The molecule has 1 heterocycles. The van der Waals surface area contributed by atoms with Crippen molar-refractivity contribution in [3.05, 3.63) is 97.1 Å². The highest BCUT2D eigenvalue weighted by Gasteiger charge is 2.14. The van der Waals surface area contributed by atoms with Gasteiger partial charge in [0, 0.05) is 10.0 Å². The molecule has 0 bridgehead atoms. The minimum Gasteiger partial charge on any atom is -0.493 e. The molecule has 168 valence electrons. The SMILES string of the molecule is COc1cc(C=Nn2c(=O)[nH]c3ccccc3c2=O)cc(OC)c1OCc1ccc(Br)cc1. The number of H-pyrrole nitrogens is 1. The number of hydrogen-bond donors (Lipinski definition) is 1. The zero-order valence-corrected chi connectivity index (χ0v) is 19.5. The molecule has 9 heteroatoms. The van der Waals surface area contributed by atoms with E-state index < -0.39 is 11.2 Å². The van der Waals surface area contributed by atoms with Crippen molar-refractivity contribution in [3.63, 3.8) is 0 Å². The van der Waals surface area contributed by atoms with Crippen molar-refractivity contribution in [2.75, 3.05) is 14.2 Å². The van der Waals surface area contributed by atoms with Crippen LogP contribution >= 0.6 is 15.9 Å². The number of methoxy groups -OCH3 is 2. The molecule has 0 aliphatic rings. The molecule has 0 fully saturated rings. The number of fused-ring (bicyclic) bond motifs is 1. The monoisotopic (exact) mass is 509 g/mol. The second-order valence-corrected chi connectivity index (χ2v) is 7.92. The lowest BCUT2D eigenvalue weighted by Crippen LogP contribution is -2.32. The summed E-state index contributed by atoms with van der Waals surface area (Å²) in [6.07, 6.45) is 1.38. The molecule has 0 spiro atoms. The van der Waals surface area contributed by atoms with E-state index in [2.05, 4.69) is 26.0 Å². The number of rotatable bonds is 7. The number of para-hydroxylation sites is 1. The molecule has 8 nitrogen and oxygen atoms in total. The molecule has 0 atom stereocenters. The lowest BCUT2D eigenvalue weighted by molar-refractivity contribution is 0.266. The number of hydrogen-bond acceptors (Lipinski definition) is 6. The van der Waals surface area contributed by atoms with Gasteiger partial charge in [0.1, 0.15) is 6.61 Å². The maximum absolute atomic E-state index is 12.7. The molecule has 33 heavy (non-hydrogen) atoms. The normalized spacial score (nSPS) is 11.1. The molecule has 4 aromatic rings. The first-order valence-corrected chi connectivity index (χ1v) is 10.7. The summed E-state index contributed by atoms with van der Waals surface area (Å²) in [5, 5.41) is 4.45. The van der Waals surface area contributed by atoms with Crippen LogP contribution in [0.4, 0.5) is 0 Å². The third-order valence-electron chi connectivity index (χ3n) is 4.89. The Kier molecular flexibility index (Phi) is 6.60. The molecule has 3 aromatic carbocycles. The molecule has 0 aliphatic carbocycles. The average Bonchev–Trinajstić information content (AvgIpc) is 2.83. The van der Waals surface area contributed by atoms with Crippen molar-refractivity contribution in [1.82, 2.24) is 9.66 Å². The van der Waals surface area contributed by atoms with Crippen LogP contribution < -0.4 is 25.5 Å². The molecule has 0 saturated heterocycles. The molecule has 0 aliphatic heterocycles. The van der Waals surface area contributed by atoms with E-state index >= 15 is 0 Å². The second-order valence-electron chi connectivity index (χ2n) is 7.01. The number of aromatic amines is 1. The van der Waals surface area contributed by atoms with Gasteiger partial charge in [-0.25, -0.2) is 4.79 Å². The molecule has 0 unspecified atom stereocenters. The van der Waals surface area contributed by atoms with Crippen LogP contribution in [0.1, 0.15) is 11.1 Å². The van der Waals surface area contributed by atoms with E-state index in [0.717, 1.165) is 14.7 Å². The Hall–Kier alpha value is -3.85. The molecular formula is C24H20BrN3O5. The van der Waals surface area contributed by atoms with Crippen LogP contribution in [0, 0.1) is 0 Å². The molecule has 1 N–H and O–H groups in total. The van der Waals surface area contributed by atoms with E-state index in [4.69, 9.17) is 14.2 Å². The number of nitrogens with zero attached hydrogens (tertiary/aromatic N) is 2. The fraction of sp³-hybridized carbons (Fsp3) is 0.125. The van der Waals surface area contributed by atoms with Crippen molar-refractivity contribution < 1.29 is 14.2 Å². The predicted molar refractivity (Wildman–Crippen MR) is 130 cm³/mol. The van der Waals surface area contributed by atoms with Crippen molar-refractivity contribution in [1.29, 1.82) is 0 Å². The summed E-state index contributed by atoms with van der Waals surface area (Å²) in [6.45, 7) is 0.315. The number of nitrogens with one attached hydrogen (secondary N) is 1. The van der Waals surface area contributed by atoms with Crippen LogP contribution in [0.5, 0.6) is 17.2 Å². The van der Waals surface area contributed by atoms with Gasteiger partial charge in [-0.05, 0) is 42.0 Å².